The number of benzene rings is 1. The summed E-state index contributed by atoms with van der Waals surface area (Å²) in [5, 5.41) is 21.8. The molecule has 0 radical (unpaired) electrons. The molecule has 2 aliphatic rings. The lowest BCUT2D eigenvalue weighted by Crippen LogP contribution is -2.58. The van der Waals surface area contributed by atoms with E-state index in [0.717, 1.165) is 16.5 Å². The molecule has 1 saturated heterocycles. The van der Waals surface area contributed by atoms with Crippen LogP contribution in [-0.2, 0) is 16.1 Å². The molecule has 0 spiro atoms. The minimum absolute atomic E-state index is 0.326. The van der Waals surface area contributed by atoms with Crippen LogP contribution in [0.3, 0.4) is 0 Å². The molecule has 144 valence electrons. The minimum Gasteiger partial charge on any atom is -0.496 e. The average molecular weight is 382 g/mol. The van der Waals surface area contributed by atoms with Crippen molar-refractivity contribution in [1.82, 2.24) is 4.90 Å². The first kappa shape index (κ1) is 19.4. The summed E-state index contributed by atoms with van der Waals surface area (Å²) in [5.41, 5.74) is 0.590. The summed E-state index contributed by atoms with van der Waals surface area (Å²) in [4.78, 5) is 6.34. The third-order valence-corrected chi connectivity index (χ3v) is 5.93. The van der Waals surface area contributed by atoms with Crippen molar-refractivity contribution in [3.8, 4) is 5.75 Å². The van der Waals surface area contributed by atoms with Gasteiger partial charge in [0.25, 0.3) is 0 Å². The van der Waals surface area contributed by atoms with E-state index in [9.17, 15) is 10.2 Å². The van der Waals surface area contributed by atoms with Crippen LogP contribution in [0.1, 0.15) is 12.5 Å². The highest BCUT2D eigenvalue weighted by Crippen LogP contribution is 2.38. The second kappa shape index (κ2) is 8.14. The van der Waals surface area contributed by atoms with Gasteiger partial charge in [-0.25, -0.2) is 0 Å². The van der Waals surface area contributed by atoms with Gasteiger partial charge < -0.3 is 29.3 Å². The highest BCUT2D eigenvalue weighted by atomic mass is 32.2. The maximum atomic E-state index is 10.5. The lowest BCUT2D eigenvalue weighted by molar-refractivity contribution is -0.193. The molecule has 6 atom stereocenters. The molecule has 0 aromatic heterocycles. The van der Waals surface area contributed by atoms with Gasteiger partial charge in [0.15, 0.2) is 5.17 Å². The molecule has 8 heteroatoms. The van der Waals surface area contributed by atoms with Gasteiger partial charge in [-0.15, -0.1) is 0 Å². The van der Waals surface area contributed by atoms with E-state index < -0.39 is 30.5 Å². The number of aliphatic hydroxyl groups excluding tert-OH is 2. The summed E-state index contributed by atoms with van der Waals surface area (Å²) in [5.74, 6) is 0.750. The van der Waals surface area contributed by atoms with E-state index in [1.54, 1.807) is 7.11 Å². The lowest BCUT2D eigenvalue weighted by Gasteiger charge is -2.40. The molecule has 1 aromatic carbocycles. The number of aliphatic hydroxyl groups is 2. The van der Waals surface area contributed by atoms with Gasteiger partial charge in [-0.1, -0.05) is 30.0 Å². The van der Waals surface area contributed by atoms with Gasteiger partial charge in [-0.05, 0) is 13.0 Å². The molecule has 1 fully saturated rings. The molecule has 0 unspecified atom stereocenters. The summed E-state index contributed by atoms with van der Waals surface area (Å²) in [6.45, 7) is 2.16. The van der Waals surface area contributed by atoms with Gasteiger partial charge in [0.2, 0.25) is 0 Å². The molecule has 3 rings (SSSR count). The Labute approximate surface area is 158 Å². The van der Waals surface area contributed by atoms with Crippen LogP contribution in [0.15, 0.2) is 29.3 Å². The van der Waals surface area contributed by atoms with Crippen molar-refractivity contribution >= 4 is 16.9 Å². The summed E-state index contributed by atoms with van der Waals surface area (Å²) < 4.78 is 17.3. The number of aliphatic imine (C=N–C) groups is 1. The number of methoxy groups -OCH3 is 1. The molecule has 2 N–H and O–H groups in total. The highest BCUT2D eigenvalue weighted by Gasteiger charge is 2.50. The molecular formula is C18H26N2O5S. The van der Waals surface area contributed by atoms with Crippen molar-refractivity contribution < 1.29 is 24.4 Å². The molecule has 2 aliphatic heterocycles. The minimum atomic E-state index is -1.06. The summed E-state index contributed by atoms with van der Waals surface area (Å²) in [6, 6.07) is 7.15. The Balaban J connectivity index is 1.64. The third-order valence-electron chi connectivity index (χ3n) is 4.63. The summed E-state index contributed by atoms with van der Waals surface area (Å²) in [6.07, 6.45) is -3.09. The maximum absolute atomic E-state index is 10.5. The predicted molar refractivity (Wildman–Crippen MR) is 100 cm³/mol. The summed E-state index contributed by atoms with van der Waals surface area (Å²) >= 11 is 1.46. The average Bonchev–Trinajstić information content (AvgIpc) is 3.07. The Bertz CT molecular complexity index is 656. The van der Waals surface area contributed by atoms with Gasteiger partial charge >= 0.3 is 0 Å². The first-order valence-corrected chi connectivity index (χ1v) is 9.47. The van der Waals surface area contributed by atoms with Gasteiger partial charge in [-0.2, -0.15) is 0 Å². The van der Waals surface area contributed by atoms with Crippen molar-refractivity contribution in [2.45, 2.75) is 49.4 Å². The van der Waals surface area contributed by atoms with Crippen LogP contribution in [0.4, 0.5) is 0 Å². The Morgan fingerprint density at radius 1 is 1.27 bits per heavy atom. The van der Waals surface area contributed by atoms with E-state index in [4.69, 9.17) is 14.2 Å². The van der Waals surface area contributed by atoms with Crippen molar-refractivity contribution in [2.75, 3.05) is 21.2 Å². The zero-order valence-corrected chi connectivity index (χ0v) is 16.2. The Hall–Kier alpha value is -1.32. The molecule has 2 heterocycles. The van der Waals surface area contributed by atoms with Crippen LogP contribution in [0, 0.1) is 0 Å². The molecule has 7 nitrogen and oxygen atoms in total. The molecule has 0 aliphatic carbocycles. The smallest absolute Gasteiger partial charge is 0.161 e. The van der Waals surface area contributed by atoms with Crippen molar-refractivity contribution in [3.05, 3.63) is 29.8 Å². The van der Waals surface area contributed by atoms with E-state index in [1.807, 2.05) is 50.2 Å². The topological polar surface area (TPSA) is 83.8 Å². The van der Waals surface area contributed by atoms with E-state index in [-0.39, 0.29) is 5.44 Å². The monoisotopic (exact) mass is 382 g/mol. The molecule has 0 saturated carbocycles. The Morgan fingerprint density at radius 3 is 2.69 bits per heavy atom. The normalized spacial score (nSPS) is 31.9. The van der Waals surface area contributed by atoms with Crippen LogP contribution in [0.2, 0.25) is 0 Å². The van der Waals surface area contributed by atoms with E-state index in [1.165, 1.54) is 11.8 Å². The van der Waals surface area contributed by atoms with Crippen LogP contribution in [0.5, 0.6) is 5.75 Å². The molecule has 1 aromatic rings. The number of hydrogen-bond acceptors (Lipinski definition) is 8. The van der Waals surface area contributed by atoms with Crippen LogP contribution in [0.25, 0.3) is 0 Å². The summed E-state index contributed by atoms with van der Waals surface area (Å²) in [7, 11) is 5.40. The number of nitrogens with zero attached hydrogens (tertiary/aromatic N) is 2. The number of hydrogen-bond donors (Lipinski definition) is 2. The predicted octanol–water partition coefficient (Wildman–Crippen LogP) is 1.08. The SMILES string of the molecule is COc1ccccc1CO[C@H](C)[C@H]1O[C@@H]2SC(N(C)C)=N[C@@H]2[C@@H](O)[C@@H]1O. The third kappa shape index (κ3) is 3.84. The zero-order valence-electron chi connectivity index (χ0n) is 15.4. The van der Waals surface area contributed by atoms with Gasteiger partial charge in [0, 0.05) is 19.7 Å². The zero-order chi connectivity index (χ0) is 18.8. The number of thioether (sulfide) groups is 1. The largest absolute Gasteiger partial charge is 0.496 e. The van der Waals surface area contributed by atoms with Crippen LogP contribution < -0.4 is 4.74 Å². The Morgan fingerprint density at radius 2 is 2.00 bits per heavy atom. The first-order valence-electron chi connectivity index (χ1n) is 8.59. The van der Waals surface area contributed by atoms with Gasteiger partial charge in [0.05, 0.1) is 19.8 Å². The van der Waals surface area contributed by atoms with Crippen molar-refractivity contribution in [2.24, 2.45) is 4.99 Å². The lowest BCUT2D eigenvalue weighted by atomic mass is 9.95. The fraction of sp³-hybridized carbons (Fsp3) is 0.611. The number of fused-ring (bicyclic) bond motifs is 1. The van der Waals surface area contributed by atoms with Gasteiger partial charge in [-0.3, -0.25) is 4.99 Å². The molecule has 0 bridgehead atoms. The molecule has 0 amide bonds. The van der Waals surface area contributed by atoms with Crippen molar-refractivity contribution in [3.63, 3.8) is 0 Å². The first-order chi connectivity index (χ1) is 12.4. The number of rotatable bonds is 5. The second-order valence-electron chi connectivity index (χ2n) is 6.69. The number of ether oxygens (including phenoxy) is 3. The fourth-order valence-electron chi connectivity index (χ4n) is 3.12. The molecule has 26 heavy (non-hydrogen) atoms. The highest BCUT2D eigenvalue weighted by molar-refractivity contribution is 8.14. The van der Waals surface area contributed by atoms with Gasteiger partial charge in [0.1, 0.15) is 35.5 Å². The number of amidine groups is 1. The molecular weight excluding hydrogens is 356 g/mol. The van der Waals surface area contributed by atoms with E-state index in [2.05, 4.69) is 4.99 Å². The number of para-hydroxylation sites is 1. The fourth-order valence-corrected chi connectivity index (χ4v) is 4.26. The quantitative estimate of drug-likeness (QED) is 0.788. The second-order valence-corrected chi connectivity index (χ2v) is 7.76. The maximum Gasteiger partial charge on any atom is 0.161 e. The standard InChI is InChI=1S/C18H26N2O5S/c1-10(24-9-11-7-5-6-8-12(11)23-4)16-15(22)14(21)13-17(25-16)26-18(19-13)20(2)3/h5-8,10,13-17,21-22H,9H2,1-4H3/t10-,13-,14-,15+,16-,17-/m1/s1. The van der Waals surface area contributed by atoms with E-state index in [0.29, 0.717) is 6.61 Å². The van der Waals surface area contributed by atoms with Crippen LogP contribution >= 0.6 is 11.8 Å². The van der Waals surface area contributed by atoms with E-state index >= 15 is 0 Å². The van der Waals surface area contributed by atoms with Crippen LogP contribution in [-0.4, -0.2) is 77.4 Å². The van der Waals surface area contributed by atoms with Crippen molar-refractivity contribution in [1.29, 1.82) is 0 Å². The Kier molecular flexibility index (Phi) is 6.09.